The molecule has 3 rings (SSSR count). The van der Waals surface area contributed by atoms with Crippen molar-refractivity contribution >= 4 is 11.8 Å². The molecule has 2 bridgehead atoms. The Hall–Kier alpha value is -1.81. The molecule has 0 radical (unpaired) electrons. The third-order valence-electron chi connectivity index (χ3n) is 6.42. The van der Waals surface area contributed by atoms with Crippen LogP contribution in [0.25, 0.3) is 0 Å². The molecule has 4 heteroatoms. The van der Waals surface area contributed by atoms with Crippen LogP contribution in [0.15, 0.2) is 42.0 Å². The second-order valence-electron chi connectivity index (χ2n) is 7.95. The zero-order valence-electron chi connectivity index (χ0n) is 16.3. The molecule has 1 N–H and O–H groups in total. The number of para-hydroxylation sites is 1. The van der Waals surface area contributed by atoms with Crippen LogP contribution in [-0.2, 0) is 9.47 Å². The molecule has 0 aromatic heterocycles. The number of nitrogens with one attached hydrogen (secondary N) is 1. The van der Waals surface area contributed by atoms with E-state index in [0.29, 0.717) is 31.0 Å². The lowest BCUT2D eigenvalue weighted by Gasteiger charge is -2.55. The Labute approximate surface area is 157 Å². The van der Waals surface area contributed by atoms with Crippen LogP contribution >= 0.6 is 0 Å². The van der Waals surface area contributed by atoms with Gasteiger partial charge < -0.3 is 9.47 Å². The Bertz CT molecular complexity index is 657. The highest BCUT2D eigenvalue weighted by atomic mass is 16.6. The second-order valence-corrected chi connectivity index (χ2v) is 7.95. The van der Waals surface area contributed by atoms with Crippen LogP contribution in [0.3, 0.4) is 0 Å². The minimum atomic E-state index is -0.400. The van der Waals surface area contributed by atoms with Crippen molar-refractivity contribution in [2.24, 2.45) is 23.2 Å². The molecule has 1 fully saturated rings. The van der Waals surface area contributed by atoms with Crippen molar-refractivity contribution in [2.45, 2.75) is 46.6 Å². The van der Waals surface area contributed by atoms with Gasteiger partial charge >= 0.3 is 6.09 Å². The number of amides is 1. The summed E-state index contributed by atoms with van der Waals surface area (Å²) in [5.74, 6) is 1.17. The van der Waals surface area contributed by atoms with Crippen molar-refractivity contribution in [1.29, 1.82) is 0 Å². The molecule has 5 atom stereocenters. The van der Waals surface area contributed by atoms with Gasteiger partial charge in [-0.05, 0) is 37.3 Å². The van der Waals surface area contributed by atoms with E-state index in [1.165, 1.54) is 5.57 Å². The molecule has 1 heterocycles. The fraction of sp³-hybridized carbons (Fsp3) is 0.591. The molecular weight excluding hydrogens is 326 g/mol. The van der Waals surface area contributed by atoms with E-state index in [-0.39, 0.29) is 11.5 Å². The van der Waals surface area contributed by atoms with Crippen LogP contribution < -0.4 is 5.32 Å². The predicted molar refractivity (Wildman–Crippen MR) is 104 cm³/mol. The molecule has 1 aliphatic heterocycles. The molecule has 1 saturated heterocycles. The molecule has 26 heavy (non-hydrogen) atoms. The fourth-order valence-corrected chi connectivity index (χ4v) is 4.81. The van der Waals surface area contributed by atoms with E-state index < -0.39 is 6.09 Å². The monoisotopic (exact) mass is 357 g/mol. The first kappa shape index (κ1) is 19.0. The van der Waals surface area contributed by atoms with Gasteiger partial charge in [0.05, 0.1) is 12.7 Å². The van der Waals surface area contributed by atoms with Gasteiger partial charge in [-0.3, -0.25) is 5.32 Å². The van der Waals surface area contributed by atoms with E-state index in [0.717, 1.165) is 18.5 Å². The van der Waals surface area contributed by atoms with Gasteiger partial charge in [0.15, 0.2) is 0 Å². The number of hydrogen-bond donors (Lipinski definition) is 1. The van der Waals surface area contributed by atoms with Crippen LogP contribution in [0.2, 0.25) is 0 Å². The van der Waals surface area contributed by atoms with Gasteiger partial charge in [0.2, 0.25) is 0 Å². The summed E-state index contributed by atoms with van der Waals surface area (Å²) >= 11 is 0. The molecule has 0 saturated carbocycles. The number of carbonyl (C=O) groups is 1. The number of anilines is 1. The largest absolute Gasteiger partial charge is 0.449 e. The van der Waals surface area contributed by atoms with Crippen LogP contribution in [0, 0.1) is 23.2 Å². The molecule has 0 unspecified atom stereocenters. The summed E-state index contributed by atoms with van der Waals surface area (Å²) in [4.78, 5) is 12.3. The number of allylic oxidation sites excluding steroid dienone is 1. The molecule has 0 spiro atoms. The van der Waals surface area contributed by atoms with Crippen molar-refractivity contribution in [3.63, 3.8) is 0 Å². The lowest BCUT2D eigenvalue weighted by Crippen LogP contribution is -2.56. The first-order valence-electron chi connectivity index (χ1n) is 9.76. The Balaban J connectivity index is 1.71. The Kier molecular flexibility index (Phi) is 5.71. The zero-order valence-corrected chi connectivity index (χ0v) is 16.3. The Morgan fingerprint density at radius 2 is 2.04 bits per heavy atom. The summed E-state index contributed by atoms with van der Waals surface area (Å²) in [6, 6.07) is 9.40. The lowest BCUT2D eigenvalue weighted by atomic mass is 9.56. The minimum Gasteiger partial charge on any atom is -0.449 e. The molecular formula is C22H31NO3. The van der Waals surface area contributed by atoms with Crippen molar-refractivity contribution in [3.8, 4) is 0 Å². The average molecular weight is 357 g/mol. The third-order valence-corrected chi connectivity index (χ3v) is 6.42. The number of carbonyl (C=O) groups excluding carboxylic acids is 1. The number of rotatable bonds is 5. The fourth-order valence-electron chi connectivity index (χ4n) is 4.81. The number of hydrogen-bond acceptors (Lipinski definition) is 3. The summed E-state index contributed by atoms with van der Waals surface area (Å²) in [6.07, 6.45) is 4.46. The highest BCUT2D eigenvalue weighted by molar-refractivity contribution is 5.84. The maximum atomic E-state index is 12.3. The van der Waals surface area contributed by atoms with Gasteiger partial charge in [-0.25, -0.2) is 4.79 Å². The molecule has 1 aromatic rings. The van der Waals surface area contributed by atoms with Gasteiger partial charge in [-0.15, -0.1) is 0 Å². The first-order valence-corrected chi connectivity index (χ1v) is 9.76. The topological polar surface area (TPSA) is 47.6 Å². The molecule has 1 aromatic carbocycles. The van der Waals surface area contributed by atoms with Gasteiger partial charge in [0, 0.05) is 17.0 Å². The highest BCUT2D eigenvalue weighted by Gasteiger charge is 2.53. The molecule has 4 nitrogen and oxygen atoms in total. The van der Waals surface area contributed by atoms with Crippen LogP contribution in [0.4, 0.5) is 10.5 Å². The van der Waals surface area contributed by atoms with Gasteiger partial charge in [0.1, 0.15) is 6.61 Å². The van der Waals surface area contributed by atoms with E-state index >= 15 is 0 Å². The third kappa shape index (κ3) is 3.52. The molecule has 1 aliphatic carbocycles. The van der Waals surface area contributed by atoms with Crippen molar-refractivity contribution in [3.05, 3.63) is 42.0 Å². The Morgan fingerprint density at radius 3 is 2.73 bits per heavy atom. The SMILES string of the molecule is CCC[C@@H]1OC[C@@]2(COC(=O)Nc3ccccc3)[C@H](C)C=C(C)[C@H]1[C@H]2C. The molecule has 1 amide bonds. The summed E-state index contributed by atoms with van der Waals surface area (Å²) in [5.41, 5.74) is 2.02. The molecule has 2 aliphatic rings. The summed E-state index contributed by atoms with van der Waals surface area (Å²) in [6.45, 7) is 9.99. The normalized spacial score (nSPS) is 33.3. The number of ether oxygens (including phenoxy) is 2. The van der Waals surface area contributed by atoms with Crippen molar-refractivity contribution in [1.82, 2.24) is 0 Å². The van der Waals surface area contributed by atoms with Crippen LogP contribution in [-0.4, -0.2) is 25.4 Å². The van der Waals surface area contributed by atoms with E-state index in [2.05, 4.69) is 39.1 Å². The second kappa shape index (κ2) is 7.83. The van der Waals surface area contributed by atoms with E-state index in [9.17, 15) is 4.79 Å². The minimum absolute atomic E-state index is 0.150. The van der Waals surface area contributed by atoms with Crippen molar-refractivity contribution in [2.75, 3.05) is 18.5 Å². The van der Waals surface area contributed by atoms with E-state index in [4.69, 9.17) is 9.47 Å². The summed E-state index contributed by atoms with van der Waals surface area (Å²) in [5, 5.41) is 2.80. The van der Waals surface area contributed by atoms with Crippen LogP contribution in [0.5, 0.6) is 0 Å². The van der Waals surface area contributed by atoms with Gasteiger partial charge in [0.25, 0.3) is 0 Å². The van der Waals surface area contributed by atoms with Crippen molar-refractivity contribution < 1.29 is 14.3 Å². The summed E-state index contributed by atoms with van der Waals surface area (Å²) in [7, 11) is 0. The molecule has 142 valence electrons. The van der Waals surface area contributed by atoms with Gasteiger partial charge in [-0.2, -0.15) is 0 Å². The van der Waals surface area contributed by atoms with E-state index in [1.54, 1.807) is 0 Å². The Morgan fingerprint density at radius 1 is 1.31 bits per heavy atom. The zero-order chi connectivity index (χ0) is 18.7. The summed E-state index contributed by atoms with van der Waals surface area (Å²) < 4.78 is 12.0. The quantitative estimate of drug-likeness (QED) is 0.730. The van der Waals surface area contributed by atoms with E-state index in [1.807, 2.05) is 30.3 Å². The highest BCUT2D eigenvalue weighted by Crippen LogP contribution is 2.53. The lowest BCUT2D eigenvalue weighted by molar-refractivity contribution is -0.164. The first-order chi connectivity index (χ1) is 12.5. The van der Waals surface area contributed by atoms with Crippen LogP contribution in [0.1, 0.15) is 40.5 Å². The average Bonchev–Trinajstić information content (AvgIpc) is 2.61. The number of fused-ring (bicyclic) bond motifs is 2. The maximum absolute atomic E-state index is 12.3. The maximum Gasteiger partial charge on any atom is 0.411 e. The van der Waals surface area contributed by atoms with Gasteiger partial charge in [-0.1, -0.05) is 57.0 Å². The number of benzene rings is 1. The smallest absolute Gasteiger partial charge is 0.411 e. The standard InChI is InChI=1S/C22H31NO3/c1-5-9-19-20-15(2)12-16(3)22(13-25-19,17(20)4)14-26-21(24)23-18-10-7-6-8-11-18/h6-8,10-12,16-17,19-20H,5,9,13-14H2,1-4H3,(H,23,24)/t16-,17-,19+,20+,22-/m1/s1. The predicted octanol–water partition coefficient (Wildman–Crippen LogP) is 5.27.